The molecule has 15 heavy (non-hydrogen) atoms. The highest BCUT2D eigenvalue weighted by Crippen LogP contribution is 2.31. The van der Waals surface area contributed by atoms with Gasteiger partial charge in [-0.05, 0) is 12.5 Å². The van der Waals surface area contributed by atoms with Crippen molar-refractivity contribution in [3.63, 3.8) is 0 Å². The van der Waals surface area contributed by atoms with Crippen LogP contribution in [-0.2, 0) is 12.6 Å². The van der Waals surface area contributed by atoms with Crippen molar-refractivity contribution >= 4 is 0 Å². The van der Waals surface area contributed by atoms with Gasteiger partial charge in [0.2, 0.25) is 5.88 Å². The van der Waals surface area contributed by atoms with Crippen LogP contribution in [0.2, 0.25) is 0 Å². The minimum absolute atomic E-state index is 0.167. The highest BCUT2D eigenvalue weighted by atomic mass is 19.4. The Morgan fingerprint density at radius 1 is 1.53 bits per heavy atom. The number of pyridine rings is 1. The molecule has 0 saturated heterocycles. The van der Waals surface area contributed by atoms with Crippen molar-refractivity contribution in [2.75, 3.05) is 0 Å². The van der Waals surface area contributed by atoms with Crippen molar-refractivity contribution in [1.82, 2.24) is 4.98 Å². The van der Waals surface area contributed by atoms with Crippen LogP contribution in [0.1, 0.15) is 18.1 Å². The third-order valence-electron chi connectivity index (χ3n) is 1.83. The molecule has 0 aliphatic carbocycles. The molecule has 1 aromatic rings. The molecule has 0 amide bonds. The molecule has 0 aliphatic heterocycles. The van der Waals surface area contributed by atoms with Crippen molar-refractivity contribution < 1.29 is 17.9 Å². The number of ether oxygens (including phenoxy) is 1. The fourth-order valence-electron chi connectivity index (χ4n) is 1.09. The van der Waals surface area contributed by atoms with E-state index in [-0.39, 0.29) is 5.88 Å². The molecular weight excluding hydrogens is 207 g/mol. The molecule has 0 radical (unpaired) electrons. The number of halogens is 3. The predicted molar refractivity (Wildman–Crippen MR) is 49.4 cm³/mol. The molecule has 1 rings (SSSR count). The normalized spacial score (nSPS) is 11.2. The minimum atomic E-state index is -4.37. The molecule has 0 aromatic carbocycles. The molecule has 0 bridgehead atoms. The third kappa shape index (κ3) is 2.71. The molecule has 5 heteroatoms. The monoisotopic (exact) mass is 217 g/mol. The van der Waals surface area contributed by atoms with Crippen molar-refractivity contribution in [1.29, 1.82) is 0 Å². The summed E-state index contributed by atoms with van der Waals surface area (Å²) in [5, 5.41) is 0. The number of nitrogens with zero attached hydrogens (tertiary/aromatic N) is 1. The van der Waals surface area contributed by atoms with Gasteiger partial charge in [0.15, 0.2) is 0 Å². The summed E-state index contributed by atoms with van der Waals surface area (Å²) in [5.41, 5.74) is -0.361. The Morgan fingerprint density at radius 2 is 2.20 bits per heavy atom. The van der Waals surface area contributed by atoms with Crippen molar-refractivity contribution in [3.05, 3.63) is 36.2 Å². The first-order chi connectivity index (χ1) is 6.99. The standard InChI is InChI=1S/C10H10F3NO/c1-3-7-5-8(10(11,12)13)6-14-9(7)15-4-2/h4-6H,2-3H2,1H3. The minimum Gasteiger partial charge on any atom is -0.447 e. The van der Waals surface area contributed by atoms with E-state index in [1.807, 2.05) is 0 Å². The topological polar surface area (TPSA) is 22.1 Å². The van der Waals surface area contributed by atoms with Crippen molar-refractivity contribution in [2.45, 2.75) is 19.5 Å². The predicted octanol–water partition coefficient (Wildman–Crippen LogP) is 3.19. The van der Waals surface area contributed by atoms with Gasteiger partial charge in [0.05, 0.1) is 11.8 Å². The maximum absolute atomic E-state index is 12.3. The molecule has 0 N–H and O–H groups in total. The number of aryl methyl sites for hydroxylation is 1. The molecule has 1 heterocycles. The van der Waals surface area contributed by atoms with Crippen LogP contribution in [0.15, 0.2) is 25.1 Å². The summed E-state index contributed by atoms with van der Waals surface area (Å²) in [6.45, 7) is 5.05. The lowest BCUT2D eigenvalue weighted by atomic mass is 10.1. The highest BCUT2D eigenvalue weighted by molar-refractivity contribution is 5.31. The first-order valence-corrected chi connectivity index (χ1v) is 4.32. The Morgan fingerprint density at radius 3 is 2.67 bits per heavy atom. The summed E-state index contributed by atoms with van der Waals surface area (Å²) in [4.78, 5) is 3.59. The molecule has 0 spiro atoms. The summed E-state index contributed by atoms with van der Waals surface area (Å²) in [5.74, 6) is 0.167. The van der Waals surface area contributed by atoms with Gasteiger partial charge >= 0.3 is 6.18 Å². The molecule has 0 unspecified atom stereocenters. The fourth-order valence-corrected chi connectivity index (χ4v) is 1.09. The zero-order chi connectivity index (χ0) is 11.5. The quantitative estimate of drug-likeness (QED) is 0.725. The summed E-state index contributed by atoms with van der Waals surface area (Å²) in [7, 11) is 0. The largest absolute Gasteiger partial charge is 0.447 e. The highest BCUT2D eigenvalue weighted by Gasteiger charge is 2.31. The van der Waals surface area contributed by atoms with E-state index >= 15 is 0 Å². The number of alkyl halides is 3. The molecular formula is C10H10F3NO. The van der Waals surface area contributed by atoms with Crippen LogP contribution >= 0.6 is 0 Å². The zero-order valence-electron chi connectivity index (χ0n) is 8.14. The van der Waals surface area contributed by atoms with Gasteiger partial charge in [0.1, 0.15) is 0 Å². The summed E-state index contributed by atoms with van der Waals surface area (Å²) < 4.78 is 41.8. The molecule has 0 aliphatic rings. The molecule has 1 aromatic heterocycles. The Hall–Kier alpha value is -1.52. The smallest absolute Gasteiger partial charge is 0.417 e. The maximum Gasteiger partial charge on any atom is 0.417 e. The van der Waals surface area contributed by atoms with E-state index in [4.69, 9.17) is 4.74 Å². The Labute approximate surface area is 85.4 Å². The fraction of sp³-hybridized carbons (Fsp3) is 0.300. The average molecular weight is 217 g/mol. The number of aromatic nitrogens is 1. The molecule has 0 fully saturated rings. The van der Waals surface area contributed by atoms with Crippen LogP contribution in [0.5, 0.6) is 5.88 Å². The van der Waals surface area contributed by atoms with E-state index in [0.717, 1.165) is 18.5 Å². The second-order valence-electron chi connectivity index (χ2n) is 2.82. The van der Waals surface area contributed by atoms with Crippen LogP contribution in [-0.4, -0.2) is 4.98 Å². The summed E-state index contributed by atoms with van der Waals surface area (Å²) in [6.07, 6.45) is -2.07. The van der Waals surface area contributed by atoms with Gasteiger partial charge in [-0.15, -0.1) is 0 Å². The van der Waals surface area contributed by atoms with E-state index < -0.39 is 11.7 Å². The van der Waals surface area contributed by atoms with E-state index in [2.05, 4.69) is 11.6 Å². The Balaban J connectivity index is 3.13. The van der Waals surface area contributed by atoms with Crippen LogP contribution in [0.4, 0.5) is 13.2 Å². The van der Waals surface area contributed by atoms with Gasteiger partial charge < -0.3 is 4.74 Å². The third-order valence-corrected chi connectivity index (χ3v) is 1.83. The van der Waals surface area contributed by atoms with Crippen LogP contribution in [0.3, 0.4) is 0 Å². The Kier molecular flexibility index (Phi) is 3.34. The number of hydrogen-bond acceptors (Lipinski definition) is 2. The lowest BCUT2D eigenvalue weighted by Gasteiger charge is -2.10. The summed E-state index contributed by atoms with van der Waals surface area (Å²) >= 11 is 0. The SMILES string of the molecule is C=COc1ncc(C(F)(F)F)cc1CC. The lowest BCUT2D eigenvalue weighted by molar-refractivity contribution is -0.137. The second kappa shape index (κ2) is 4.33. The maximum atomic E-state index is 12.3. The van der Waals surface area contributed by atoms with Crippen LogP contribution in [0, 0.1) is 0 Å². The number of rotatable bonds is 3. The van der Waals surface area contributed by atoms with E-state index in [1.54, 1.807) is 6.92 Å². The van der Waals surface area contributed by atoms with Crippen molar-refractivity contribution in [3.8, 4) is 5.88 Å². The van der Waals surface area contributed by atoms with E-state index in [0.29, 0.717) is 12.0 Å². The molecule has 0 saturated carbocycles. The van der Waals surface area contributed by atoms with Gasteiger partial charge in [-0.25, -0.2) is 4.98 Å². The van der Waals surface area contributed by atoms with Gasteiger partial charge in [0.25, 0.3) is 0 Å². The first kappa shape index (κ1) is 11.6. The van der Waals surface area contributed by atoms with Gasteiger partial charge in [0, 0.05) is 11.8 Å². The van der Waals surface area contributed by atoms with Gasteiger partial charge in [-0.1, -0.05) is 13.5 Å². The van der Waals surface area contributed by atoms with Crippen LogP contribution in [0.25, 0.3) is 0 Å². The van der Waals surface area contributed by atoms with Gasteiger partial charge in [-0.2, -0.15) is 13.2 Å². The summed E-state index contributed by atoms with van der Waals surface area (Å²) in [6, 6.07) is 1.03. The molecule has 82 valence electrons. The average Bonchev–Trinajstić information content (AvgIpc) is 2.17. The zero-order valence-corrected chi connectivity index (χ0v) is 8.14. The van der Waals surface area contributed by atoms with Gasteiger partial charge in [-0.3, -0.25) is 0 Å². The van der Waals surface area contributed by atoms with Crippen molar-refractivity contribution in [2.24, 2.45) is 0 Å². The van der Waals surface area contributed by atoms with Crippen LogP contribution < -0.4 is 4.74 Å². The second-order valence-corrected chi connectivity index (χ2v) is 2.82. The Bertz CT molecular complexity index is 360. The number of hydrogen-bond donors (Lipinski definition) is 0. The lowest BCUT2D eigenvalue weighted by Crippen LogP contribution is -2.07. The molecule has 0 atom stereocenters. The first-order valence-electron chi connectivity index (χ1n) is 4.32. The van der Waals surface area contributed by atoms with E-state index in [9.17, 15) is 13.2 Å². The molecule has 2 nitrogen and oxygen atoms in total. The van der Waals surface area contributed by atoms with E-state index in [1.165, 1.54) is 0 Å².